The van der Waals surface area contributed by atoms with Crippen molar-refractivity contribution in [3.05, 3.63) is 17.7 Å². The fraction of sp³-hybridized carbons (Fsp3) is 0.400. The van der Waals surface area contributed by atoms with Gasteiger partial charge in [-0.15, -0.1) is 10.2 Å². The number of fused-ring (bicyclic) bond motifs is 1. The van der Waals surface area contributed by atoms with E-state index in [4.69, 9.17) is 5.21 Å². The highest BCUT2D eigenvalue weighted by molar-refractivity contribution is 5.83. The third kappa shape index (κ3) is 1.49. The SMILES string of the molecule is CCC(C)c1ccc(O)c2nn(O)nc12. The van der Waals surface area contributed by atoms with Crippen LogP contribution in [-0.4, -0.2) is 25.5 Å². The summed E-state index contributed by atoms with van der Waals surface area (Å²) in [5, 5.41) is 26.2. The highest BCUT2D eigenvalue weighted by Gasteiger charge is 2.15. The topological polar surface area (TPSA) is 71.2 Å². The van der Waals surface area contributed by atoms with E-state index in [-0.39, 0.29) is 5.75 Å². The molecule has 1 aromatic heterocycles. The van der Waals surface area contributed by atoms with E-state index < -0.39 is 0 Å². The Kier molecular flexibility index (Phi) is 2.22. The van der Waals surface area contributed by atoms with E-state index in [0.717, 1.165) is 12.0 Å². The molecule has 15 heavy (non-hydrogen) atoms. The summed E-state index contributed by atoms with van der Waals surface area (Å²) in [6.45, 7) is 4.15. The van der Waals surface area contributed by atoms with Crippen LogP contribution in [0.3, 0.4) is 0 Å². The molecule has 1 unspecified atom stereocenters. The number of hydrogen-bond donors (Lipinski definition) is 2. The Balaban J connectivity index is 2.71. The summed E-state index contributed by atoms with van der Waals surface area (Å²) in [6, 6.07) is 3.40. The standard InChI is InChI=1S/C10H13N3O2/c1-3-6(2)7-4-5-8(14)10-9(7)11-13(15)12-10/h4-6,14-15H,3H2,1-2H3. The second kappa shape index (κ2) is 3.42. The number of aromatic hydroxyl groups is 1. The molecule has 0 radical (unpaired) electrons. The molecule has 0 aliphatic heterocycles. The van der Waals surface area contributed by atoms with Crippen LogP contribution in [0, 0.1) is 0 Å². The lowest BCUT2D eigenvalue weighted by Gasteiger charge is -2.08. The molecular formula is C10H13N3O2. The fourth-order valence-corrected chi connectivity index (χ4v) is 1.61. The number of phenols is 1. The zero-order chi connectivity index (χ0) is 11.0. The van der Waals surface area contributed by atoms with Gasteiger partial charge in [0.15, 0.2) is 5.52 Å². The smallest absolute Gasteiger partial charge is 0.158 e. The van der Waals surface area contributed by atoms with Crippen LogP contribution in [-0.2, 0) is 0 Å². The molecule has 80 valence electrons. The summed E-state index contributed by atoms with van der Waals surface area (Å²) in [5.74, 6) is 0.363. The monoisotopic (exact) mass is 207 g/mol. The fourth-order valence-electron chi connectivity index (χ4n) is 1.61. The first-order valence-corrected chi connectivity index (χ1v) is 4.91. The van der Waals surface area contributed by atoms with E-state index in [1.165, 1.54) is 0 Å². The van der Waals surface area contributed by atoms with Crippen LogP contribution in [0.4, 0.5) is 0 Å². The van der Waals surface area contributed by atoms with Gasteiger partial charge in [0.05, 0.1) is 0 Å². The van der Waals surface area contributed by atoms with Crippen LogP contribution < -0.4 is 0 Å². The van der Waals surface area contributed by atoms with Crippen molar-refractivity contribution in [1.82, 2.24) is 15.2 Å². The minimum absolute atomic E-state index is 0.0392. The van der Waals surface area contributed by atoms with Crippen molar-refractivity contribution in [2.24, 2.45) is 0 Å². The number of hydrogen-bond acceptors (Lipinski definition) is 4. The lowest BCUT2D eigenvalue weighted by atomic mass is 9.97. The molecule has 0 aliphatic carbocycles. The van der Waals surface area contributed by atoms with E-state index in [2.05, 4.69) is 24.0 Å². The van der Waals surface area contributed by atoms with Crippen LogP contribution in [0.1, 0.15) is 31.7 Å². The van der Waals surface area contributed by atoms with Gasteiger partial charge >= 0.3 is 0 Å². The molecule has 2 aromatic rings. The van der Waals surface area contributed by atoms with Gasteiger partial charge in [0.25, 0.3) is 0 Å². The van der Waals surface area contributed by atoms with E-state index >= 15 is 0 Å². The van der Waals surface area contributed by atoms with Crippen molar-refractivity contribution in [1.29, 1.82) is 0 Å². The van der Waals surface area contributed by atoms with Crippen LogP contribution in [0.25, 0.3) is 11.0 Å². The average molecular weight is 207 g/mol. The van der Waals surface area contributed by atoms with Gasteiger partial charge in [0.2, 0.25) is 0 Å². The Labute approximate surface area is 86.9 Å². The van der Waals surface area contributed by atoms with Crippen LogP contribution in [0.15, 0.2) is 12.1 Å². The molecule has 2 rings (SSSR count). The number of benzene rings is 1. The first-order chi connectivity index (χ1) is 7.13. The van der Waals surface area contributed by atoms with Crippen molar-refractivity contribution >= 4 is 11.0 Å². The first kappa shape index (κ1) is 9.76. The Bertz CT molecular complexity index is 493. The van der Waals surface area contributed by atoms with Gasteiger partial charge in [-0.1, -0.05) is 19.9 Å². The highest BCUT2D eigenvalue weighted by Crippen LogP contribution is 2.30. The van der Waals surface area contributed by atoms with Crippen molar-refractivity contribution in [3.8, 4) is 5.75 Å². The summed E-state index contributed by atoms with van der Waals surface area (Å²) < 4.78 is 0. The van der Waals surface area contributed by atoms with Crippen molar-refractivity contribution < 1.29 is 10.3 Å². The molecule has 0 saturated heterocycles. The maximum absolute atomic E-state index is 9.54. The Morgan fingerprint density at radius 1 is 1.33 bits per heavy atom. The molecular weight excluding hydrogens is 194 g/mol. The summed E-state index contributed by atoms with van der Waals surface area (Å²) in [4.78, 5) is 0.496. The minimum atomic E-state index is 0.0392. The van der Waals surface area contributed by atoms with Crippen molar-refractivity contribution in [2.45, 2.75) is 26.2 Å². The maximum atomic E-state index is 9.54. The normalized spacial score (nSPS) is 13.2. The molecule has 1 aromatic carbocycles. The Hall–Kier alpha value is -1.78. The average Bonchev–Trinajstić information content (AvgIpc) is 2.60. The second-order valence-corrected chi connectivity index (χ2v) is 3.65. The van der Waals surface area contributed by atoms with E-state index in [9.17, 15) is 5.11 Å². The molecule has 0 fully saturated rings. The third-order valence-electron chi connectivity index (χ3n) is 2.68. The highest BCUT2D eigenvalue weighted by atomic mass is 16.5. The lowest BCUT2D eigenvalue weighted by molar-refractivity contribution is 0.113. The molecule has 0 spiro atoms. The zero-order valence-corrected chi connectivity index (χ0v) is 8.68. The van der Waals surface area contributed by atoms with E-state index in [0.29, 0.717) is 21.9 Å². The lowest BCUT2D eigenvalue weighted by Crippen LogP contribution is -1.95. The predicted octanol–water partition coefficient (Wildman–Crippen LogP) is 1.89. The number of nitrogens with zero attached hydrogens (tertiary/aromatic N) is 3. The van der Waals surface area contributed by atoms with Gasteiger partial charge in [-0.3, -0.25) is 0 Å². The van der Waals surface area contributed by atoms with Gasteiger partial charge < -0.3 is 10.3 Å². The predicted molar refractivity (Wildman–Crippen MR) is 55.1 cm³/mol. The van der Waals surface area contributed by atoms with Gasteiger partial charge in [0, 0.05) is 0 Å². The number of phenolic OH excluding ortho intramolecular Hbond substituents is 1. The van der Waals surface area contributed by atoms with Crippen molar-refractivity contribution in [3.63, 3.8) is 0 Å². The Morgan fingerprint density at radius 3 is 2.67 bits per heavy atom. The van der Waals surface area contributed by atoms with E-state index in [1.54, 1.807) is 6.07 Å². The molecule has 1 heterocycles. The summed E-state index contributed by atoms with van der Waals surface area (Å²) in [7, 11) is 0. The van der Waals surface area contributed by atoms with Crippen molar-refractivity contribution in [2.75, 3.05) is 0 Å². The summed E-state index contributed by atoms with van der Waals surface area (Å²) in [6.07, 6.45) is 0.970. The van der Waals surface area contributed by atoms with Crippen LogP contribution >= 0.6 is 0 Å². The van der Waals surface area contributed by atoms with Crippen LogP contribution in [0.2, 0.25) is 0 Å². The molecule has 0 aliphatic rings. The number of aromatic nitrogens is 3. The van der Waals surface area contributed by atoms with Gasteiger partial charge in [-0.2, -0.15) is 0 Å². The van der Waals surface area contributed by atoms with Gasteiger partial charge in [-0.05, 0) is 28.9 Å². The molecule has 5 nitrogen and oxygen atoms in total. The summed E-state index contributed by atoms with van der Waals surface area (Å²) >= 11 is 0. The quantitative estimate of drug-likeness (QED) is 0.737. The third-order valence-corrected chi connectivity index (χ3v) is 2.68. The summed E-state index contributed by atoms with van der Waals surface area (Å²) in [5.41, 5.74) is 1.90. The van der Waals surface area contributed by atoms with Gasteiger partial charge in [-0.25, -0.2) is 0 Å². The molecule has 0 saturated carbocycles. The number of rotatable bonds is 2. The minimum Gasteiger partial charge on any atom is -0.506 e. The molecule has 0 amide bonds. The molecule has 2 N–H and O–H groups in total. The largest absolute Gasteiger partial charge is 0.506 e. The van der Waals surface area contributed by atoms with Crippen LogP contribution in [0.5, 0.6) is 5.75 Å². The van der Waals surface area contributed by atoms with E-state index in [1.807, 2.05) is 6.07 Å². The molecule has 5 heteroatoms. The Morgan fingerprint density at radius 2 is 2.00 bits per heavy atom. The second-order valence-electron chi connectivity index (χ2n) is 3.65. The maximum Gasteiger partial charge on any atom is 0.158 e. The zero-order valence-electron chi connectivity index (χ0n) is 8.68. The molecule has 0 bridgehead atoms. The van der Waals surface area contributed by atoms with Gasteiger partial charge in [0.1, 0.15) is 11.3 Å². The first-order valence-electron chi connectivity index (χ1n) is 4.91. The molecule has 1 atom stereocenters.